The van der Waals surface area contributed by atoms with Crippen LogP contribution < -0.4 is 20.1 Å². The molecule has 9 heteroatoms. The average Bonchev–Trinajstić information content (AvgIpc) is 2.77. The second-order valence-electron chi connectivity index (χ2n) is 6.33. The highest BCUT2D eigenvalue weighted by atomic mass is 35.5. The third kappa shape index (κ3) is 5.36. The van der Waals surface area contributed by atoms with Crippen LogP contribution in [0.3, 0.4) is 0 Å². The van der Waals surface area contributed by atoms with E-state index in [9.17, 15) is 9.59 Å². The van der Waals surface area contributed by atoms with Crippen molar-refractivity contribution < 1.29 is 19.1 Å². The zero-order valence-electron chi connectivity index (χ0n) is 16.4. The molecule has 0 bridgehead atoms. The summed E-state index contributed by atoms with van der Waals surface area (Å²) in [6.45, 7) is 1.87. The molecule has 1 aliphatic rings. The minimum atomic E-state index is -0.248. The minimum absolute atomic E-state index is 0. The van der Waals surface area contributed by atoms with E-state index in [0.29, 0.717) is 30.2 Å². The van der Waals surface area contributed by atoms with Crippen molar-refractivity contribution in [3.8, 4) is 11.5 Å². The monoisotopic (exact) mass is 420 g/mol. The third-order valence-electron chi connectivity index (χ3n) is 4.62. The van der Waals surface area contributed by atoms with Gasteiger partial charge >= 0.3 is 0 Å². The van der Waals surface area contributed by atoms with Crippen molar-refractivity contribution in [3.63, 3.8) is 0 Å². The van der Waals surface area contributed by atoms with Gasteiger partial charge in [0.05, 0.1) is 13.2 Å². The number of halogens is 1. The van der Waals surface area contributed by atoms with Crippen LogP contribution in [0.15, 0.2) is 42.7 Å². The van der Waals surface area contributed by atoms with E-state index in [1.165, 1.54) is 14.2 Å². The van der Waals surface area contributed by atoms with E-state index in [1.54, 1.807) is 30.6 Å². The number of hydrogen-bond donors (Lipinski definition) is 2. The summed E-state index contributed by atoms with van der Waals surface area (Å²) < 4.78 is 10.8. The van der Waals surface area contributed by atoms with Gasteiger partial charge in [0, 0.05) is 44.6 Å². The van der Waals surface area contributed by atoms with Crippen LogP contribution in [0.2, 0.25) is 0 Å². The highest BCUT2D eigenvalue weighted by Crippen LogP contribution is 2.30. The molecule has 2 N–H and O–H groups in total. The third-order valence-corrected chi connectivity index (χ3v) is 4.62. The number of rotatable bonds is 6. The van der Waals surface area contributed by atoms with Crippen molar-refractivity contribution in [2.45, 2.75) is 6.04 Å². The van der Waals surface area contributed by atoms with Gasteiger partial charge in [-0.05, 0) is 29.8 Å². The molecule has 0 aliphatic carbocycles. The maximum atomic E-state index is 13.2. The smallest absolute Gasteiger partial charge is 0.257 e. The lowest BCUT2D eigenvalue weighted by atomic mass is 10.0. The Bertz CT molecular complexity index is 834. The standard InChI is InChI=1S/C20H24N4O4.ClH/c1-21-19(25)13-28-17-6-5-14(10-18(17)27-2)20(26)24-9-8-23-12-16(24)15-4-3-7-22-11-15;/h3-7,10-11,16,23H,8-9,12-13H2,1-2H3,(H,21,25);1H. The molecule has 0 spiro atoms. The molecule has 156 valence electrons. The number of nitrogens with one attached hydrogen (secondary N) is 2. The molecule has 1 aromatic carbocycles. The van der Waals surface area contributed by atoms with Gasteiger partial charge in [0.25, 0.3) is 11.8 Å². The van der Waals surface area contributed by atoms with Gasteiger partial charge in [-0.3, -0.25) is 14.6 Å². The number of amides is 2. The first-order valence-electron chi connectivity index (χ1n) is 9.07. The van der Waals surface area contributed by atoms with E-state index in [4.69, 9.17) is 9.47 Å². The van der Waals surface area contributed by atoms with Crippen LogP contribution in [0.1, 0.15) is 22.0 Å². The van der Waals surface area contributed by atoms with Crippen LogP contribution >= 0.6 is 12.4 Å². The van der Waals surface area contributed by atoms with Gasteiger partial charge in [-0.25, -0.2) is 0 Å². The summed E-state index contributed by atoms with van der Waals surface area (Å²) in [6, 6.07) is 8.73. The van der Waals surface area contributed by atoms with Gasteiger partial charge in [-0.15, -0.1) is 12.4 Å². The summed E-state index contributed by atoms with van der Waals surface area (Å²) in [5.74, 6) is 0.475. The minimum Gasteiger partial charge on any atom is -0.493 e. The van der Waals surface area contributed by atoms with Crippen molar-refractivity contribution >= 4 is 24.2 Å². The number of pyridine rings is 1. The Kier molecular flexibility index (Phi) is 8.23. The Morgan fingerprint density at radius 1 is 1.31 bits per heavy atom. The molecule has 1 saturated heterocycles. The maximum Gasteiger partial charge on any atom is 0.257 e. The van der Waals surface area contributed by atoms with Gasteiger partial charge in [0.1, 0.15) is 0 Å². The normalized spacial score (nSPS) is 15.8. The molecule has 29 heavy (non-hydrogen) atoms. The van der Waals surface area contributed by atoms with E-state index >= 15 is 0 Å². The largest absolute Gasteiger partial charge is 0.493 e. The molecule has 2 amide bonds. The number of aromatic nitrogens is 1. The van der Waals surface area contributed by atoms with Crippen LogP contribution in [0.4, 0.5) is 0 Å². The van der Waals surface area contributed by atoms with Crippen molar-refractivity contribution in [1.82, 2.24) is 20.5 Å². The summed E-state index contributed by atoms with van der Waals surface area (Å²) in [5.41, 5.74) is 1.49. The lowest BCUT2D eigenvalue weighted by molar-refractivity contribution is -0.122. The number of methoxy groups -OCH3 is 1. The van der Waals surface area contributed by atoms with Gasteiger partial charge in [-0.2, -0.15) is 0 Å². The van der Waals surface area contributed by atoms with E-state index in [1.807, 2.05) is 17.0 Å². The molecule has 3 rings (SSSR count). The quantitative estimate of drug-likeness (QED) is 0.734. The summed E-state index contributed by atoms with van der Waals surface area (Å²) in [6.07, 6.45) is 3.50. The van der Waals surface area contributed by atoms with Crippen LogP contribution in [-0.2, 0) is 4.79 Å². The Hall–Kier alpha value is -2.84. The molecular weight excluding hydrogens is 396 g/mol. The summed E-state index contributed by atoms with van der Waals surface area (Å²) in [5, 5.41) is 5.82. The van der Waals surface area contributed by atoms with Crippen LogP contribution in [-0.4, -0.2) is 62.1 Å². The Labute approximate surface area is 176 Å². The average molecular weight is 421 g/mol. The molecule has 0 saturated carbocycles. The lowest BCUT2D eigenvalue weighted by Crippen LogP contribution is -2.48. The fraction of sp³-hybridized carbons (Fsp3) is 0.350. The second-order valence-corrected chi connectivity index (χ2v) is 6.33. The number of likely N-dealkylation sites (N-methyl/N-ethyl adjacent to an activating group) is 1. The predicted octanol–water partition coefficient (Wildman–Crippen LogP) is 1.42. The summed E-state index contributed by atoms with van der Waals surface area (Å²) in [7, 11) is 3.04. The highest BCUT2D eigenvalue weighted by Gasteiger charge is 2.29. The highest BCUT2D eigenvalue weighted by molar-refractivity contribution is 5.95. The van der Waals surface area contributed by atoms with E-state index in [-0.39, 0.29) is 36.9 Å². The molecule has 1 aliphatic heterocycles. The van der Waals surface area contributed by atoms with Gasteiger partial charge < -0.3 is 25.0 Å². The van der Waals surface area contributed by atoms with Crippen molar-refractivity contribution in [1.29, 1.82) is 0 Å². The first-order chi connectivity index (χ1) is 13.6. The number of benzene rings is 1. The number of nitrogens with zero attached hydrogens (tertiary/aromatic N) is 2. The number of hydrogen-bond acceptors (Lipinski definition) is 6. The molecule has 2 aromatic rings. The molecule has 8 nitrogen and oxygen atoms in total. The maximum absolute atomic E-state index is 13.2. The van der Waals surface area contributed by atoms with E-state index in [2.05, 4.69) is 15.6 Å². The SMILES string of the molecule is CNC(=O)COc1ccc(C(=O)N2CCNCC2c2cccnc2)cc1OC.Cl. The number of carbonyl (C=O) groups excluding carboxylic acids is 2. The van der Waals surface area contributed by atoms with Gasteiger partial charge in [0.15, 0.2) is 18.1 Å². The Morgan fingerprint density at radius 2 is 2.14 bits per heavy atom. The molecule has 1 unspecified atom stereocenters. The molecule has 1 atom stereocenters. The van der Waals surface area contributed by atoms with Crippen molar-refractivity contribution in [2.75, 3.05) is 40.4 Å². The van der Waals surface area contributed by atoms with E-state index in [0.717, 1.165) is 12.1 Å². The fourth-order valence-corrected chi connectivity index (χ4v) is 3.12. The topological polar surface area (TPSA) is 92.8 Å². The zero-order valence-corrected chi connectivity index (χ0v) is 17.2. The van der Waals surface area contributed by atoms with Crippen LogP contribution in [0.25, 0.3) is 0 Å². The Balaban J connectivity index is 0.00000300. The predicted molar refractivity (Wildman–Crippen MR) is 111 cm³/mol. The summed E-state index contributed by atoms with van der Waals surface area (Å²) in [4.78, 5) is 30.6. The van der Waals surface area contributed by atoms with E-state index < -0.39 is 0 Å². The number of carbonyl (C=O) groups is 2. The lowest BCUT2D eigenvalue weighted by Gasteiger charge is -2.36. The first kappa shape index (κ1) is 22.4. The Morgan fingerprint density at radius 3 is 2.83 bits per heavy atom. The molecule has 2 heterocycles. The fourth-order valence-electron chi connectivity index (χ4n) is 3.12. The van der Waals surface area contributed by atoms with Crippen LogP contribution in [0, 0.1) is 0 Å². The molecule has 0 radical (unpaired) electrons. The zero-order chi connectivity index (χ0) is 19.9. The van der Waals surface area contributed by atoms with Gasteiger partial charge in [-0.1, -0.05) is 6.07 Å². The summed E-state index contributed by atoms with van der Waals surface area (Å²) >= 11 is 0. The molecule has 1 aromatic heterocycles. The van der Waals surface area contributed by atoms with Crippen molar-refractivity contribution in [2.24, 2.45) is 0 Å². The molecular formula is C20H25ClN4O4. The van der Waals surface area contributed by atoms with Crippen molar-refractivity contribution in [3.05, 3.63) is 53.9 Å². The number of piperazine rings is 1. The van der Waals surface area contributed by atoms with Crippen LogP contribution in [0.5, 0.6) is 11.5 Å². The number of ether oxygens (including phenoxy) is 2. The second kappa shape index (κ2) is 10.6. The first-order valence-corrected chi connectivity index (χ1v) is 9.07. The molecule has 1 fully saturated rings. The van der Waals surface area contributed by atoms with Gasteiger partial charge in [0.2, 0.25) is 0 Å².